The van der Waals surface area contributed by atoms with Crippen LogP contribution in [-0.4, -0.2) is 54.6 Å². The van der Waals surface area contributed by atoms with Crippen LogP contribution in [0.25, 0.3) is 0 Å². The molecule has 21 heavy (non-hydrogen) atoms. The zero-order valence-corrected chi connectivity index (χ0v) is 14.8. The molecule has 0 spiro atoms. The van der Waals surface area contributed by atoms with Crippen molar-refractivity contribution >= 4 is 0 Å². The first-order chi connectivity index (χ1) is 10.2. The fraction of sp³-hybridized carbons (Fsp3) is 1.00. The van der Waals surface area contributed by atoms with Crippen LogP contribution in [0.3, 0.4) is 0 Å². The molecule has 0 saturated heterocycles. The Labute approximate surface area is 133 Å². The van der Waals surface area contributed by atoms with Gasteiger partial charge in [-0.1, -0.05) is 20.8 Å². The van der Waals surface area contributed by atoms with Crippen LogP contribution in [0.4, 0.5) is 0 Å². The van der Waals surface area contributed by atoms with Crippen LogP contribution in [0.5, 0.6) is 0 Å². The topological polar surface area (TPSA) is 32.5 Å². The first-order valence-electron chi connectivity index (χ1n) is 9.43. The predicted octanol–water partition coefficient (Wildman–Crippen LogP) is 3.48. The van der Waals surface area contributed by atoms with Crippen LogP contribution >= 0.6 is 0 Å². The molecule has 0 heterocycles. The van der Waals surface area contributed by atoms with Crippen LogP contribution in [0, 0.1) is 0 Å². The molecule has 0 aliphatic heterocycles. The molecule has 0 radical (unpaired) electrons. The average molecular weight is 298 g/mol. The third kappa shape index (κ3) is 7.62. The van der Waals surface area contributed by atoms with Crippen molar-refractivity contribution < 1.29 is 0 Å². The summed E-state index contributed by atoms with van der Waals surface area (Å²) in [7, 11) is 0. The molecule has 1 fully saturated rings. The van der Waals surface area contributed by atoms with Crippen molar-refractivity contribution in [3.8, 4) is 0 Å². The summed E-state index contributed by atoms with van der Waals surface area (Å²) < 4.78 is 0. The number of rotatable bonds is 11. The molecule has 0 aromatic rings. The average Bonchev–Trinajstić information content (AvgIpc) is 2.50. The first-order valence-corrected chi connectivity index (χ1v) is 9.43. The minimum absolute atomic E-state index is 0.469. The van der Waals surface area contributed by atoms with E-state index >= 15 is 0 Å². The number of hydrogen-bond donors (Lipinski definition) is 1. The molecule has 2 N–H and O–H groups in total. The molecule has 126 valence electrons. The van der Waals surface area contributed by atoms with E-state index in [1.165, 1.54) is 84.1 Å². The van der Waals surface area contributed by atoms with Crippen molar-refractivity contribution in [1.29, 1.82) is 0 Å². The van der Waals surface area contributed by atoms with E-state index in [1.807, 2.05) is 0 Å². The maximum atomic E-state index is 6.05. The maximum absolute atomic E-state index is 6.05. The van der Waals surface area contributed by atoms with E-state index in [0.717, 1.165) is 6.04 Å². The van der Waals surface area contributed by atoms with E-state index in [4.69, 9.17) is 5.73 Å². The van der Waals surface area contributed by atoms with Crippen molar-refractivity contribution in [1.82, 2.24) is 9.80 Å². The third-order valence-corrected chi connectivity index (χ3v) is 4.93. The molecule has 0 unspecified atom stereocenters. The van der Waals surface area contributed by atoms with Crippen molar-refractivity contribution in [2.45, 2.75) is 84.2 Å². The standard InChI is InChI=1S/C18H39N3/c1-4-13-20(6-3)15-7-8-16-21(14-5-2)18-11-9-17(19)10-12-18/h17-18H,4-16,19H2,1-3H3. The lowest BCUT2D eigenvalue weighted by molar-refractivity contribution is 0.144. The van der Waals surface area contributed by atoms with Crippen molar-refractivity contribution in [3.05, 3.63) is 0 Å². The van der Waals surface area contributed by atoms with Gasteiger partial charge in [0.15, 0.2) is 0 Å². The molecule has 0 atom stereocenters. The highest BCUT2D eigenvalue weighted by Gasteiger charge is 2.23. The summed E-state index contributed by atoms with van der Waals surface area (Å²) in [4.78, 5) is 5.34. The van der Waals surface area contributed by atoms with Gasteiger partial charge in [0.25, 0.3) is 0 Å². The highest BCUT2D eigenvalue weighted by molar-refractivity contribution is 4.81. The largest absolute Gasteiger partial charge is 0.328 e. The Bertz CT molecular complexity index is 237. The normalized spacial score (nSPS) is 23.1. The lowest BCUT2D eigenvalue weighted by Gasteiger charge is -2.36. The molecule has 1 rings (SSSR count). The fourth-order valence-corrected chi connectivity index (χ4v) is 3.63. The van der Waals surface area contributed by atoms with Gasteiger partial charge in [-0.15, -0.1) is 0 Å². The lowest BCUT2D eigenvalue weighted by atomic mass is 9.90. The molecule has 0 bridgehead atoms. The van der Waals surface area contributed by atoms with E-state index in [0.29, 0.717) is 6.04 Å². The van der Waals surface area contributed by atoms with Gasteiger partial charge in [0.1, 0.15) is 0 Å². The fourth-order valence-electron chi connectivity index (χ4n) is 3.63. The molecule has 3 heteroatoms. The Morgan fingerprint density at radius 2 is 1.43 bits per heavy atom. The van der Waals surface area contributed by atoms with Crippen LogP contribution in [0.15, 0.2) is 0 Å². The minimum Gasteiger partial charge on any atom is -0.328 e. The minimum atomic E-state index is 0.469. The Morgan fingerprint density at radius 3 is 2.00 bits per heavy atom. The summed E-state index contributed by atoms with van der Waals surface area (Å²) >= 11 is 0. The predicted molar refractivity (Wildman–Crippen MR) is 93.7 cm³/mol. The number of nitrogens with zero attached hydrogens (tertiary/aromatic N) is 2. The second-order valence-electron chi connectivity index (χ2n) is 6.75. The molecular formula is C18H39N3. The molecule has 0 amide bonds. The molecule has 1 saturated carbocycles. The van der Waals surface area contributed by atoms with Gasteiger partial charge in [0, 0.05) is 12.1 Å². The smallest absolute Gasteiger partial charge is 0.00964 e. The zero-order chi connectivity index (χ0) is 15.5. The second kappa shape index (κ2) is 11.4. The van der Waals surface area contributed by atoms with Gasteiger partial charge in [0.05, 0.1) is 0 Å². The highest BCUT2D eigenvalue weighted by Crippen LogP contribution is 2.22. The monoisotopic (exact) mass is 297 g/mol. The highest BCUT2D eigenvalue weighted by atomic mass is 15.2. The van der Waals surface area contributed by atoms with Gasteiger partial charge in [0.2, 0.25) is 0 Å². The molecule has 1 aliphatic rings. The molecule has 0 aromatic heterocycles. The van der Waals surface area contributed by atoms with E-state index in [2.05, 4.69) is 30.6 Å². The number of unbranched alkanes of at least 4 members (excludes halogenated alkanes) is 1. The summed E-state index contributed by atoms with van der Waals surface area (Å²) in [6, 6.07) is 1.28. The van der Waals surface area contributed by atoms with Gasteiger partial charge >= 0.3 is 0 Å². The van der Waals surface area contributed by atoms with Gasteiger partial charge in [-0.25, -0.2) is 0 Å². The Balaban J connectivity index is 2.24. The van der Waals surface area contributed by atoms with E-state index in [1.54, 1.807) is 0 Å². The zero-order valence-electron chi connectivity index (χ0n) is 14.8. The molecule has 1 aliphatic carbocycles. The van der Waals surface area contributed by atoms with Gasteiger partial charge in [-0.2, -0.15) is 0 Å². The number of hydrogen-bond acceptors (Lipinski definition) is 3. The van der Waals surface area contributed by atoms with Crippen LogP contribution < -0.4 is 5.73 Å². The van der Waals surface area contributed by atoms with Crippen molar-refractivity contribution in [3.63, 3.8) is 0 Å². The quantitative estimate of drug-likeness (QED) is 0.593. The maximum Gasteiger partial charge on any atom is 0.00964 e. The van der Waals surface area contributed by atoms with Gasteiger partial charge in [-0.3, -0.25) is 0 Å². The summed E-state index contributed by atoms with van der Waals surface area (Å²) in [6.45, 7) is 13.2. The summed E-state index contributed by atoms with van der Waals surface area (Å²) in [5, 5.41) is 0. The summed E-state index contributed by atoms with van der Waals surface area (Å²) in [6.07, 6.45) is 10.3. The van der Waals surface area contributed by atoms with Crippen LogP contribution in [0.2, 0.25) is 0 Å². The second-order valence-corrected chi connectivity index (χ2v) is 6.75. The Morgan fingerprint density at radius 1 is 0.810 bits per heavy atom. The van der Waals surface area contributed by atoms with Crippen molar-refractivity contribution in [2.24, 2.45) is 5.73 Å². The summed E-state index contributed by atoms with van der Waals surface area (Å²) in [5.41, 5.74) is 6.05. The third-order valence-electron chi connectivity index (χ3n) is 4.93. The first kappa shape index (κ1) is 18.9. The van der Waals surface area contributed by atoms with Crippen LogP contribution in [0.1, 0.15) is 72.1 Å². The Kier molecular flexibility index (Phi) is 10.3. The van der Waals surface area contributed by atoms with E-state index in [-0.39, 0.29) is 0 Å². The van der Waals surface area contributed by atoms with Gasteiger partial charge < -0.3 is 15.5 Å². The lowest BCUT2D eigenvalue weighted by Crippen LogP contribution is -2.41. The molecule has 3 nitrogen and oxygen atoms in total. The number of nitrogens with two attached hydrogens (primary N) is 1. The SMILES string of the molecule is CCCN(CC)CCCCN(CCC)C1CCC(N)CC1. The Hall–Kier alpha value is -0.120. The molecule has 0 aromatic carbocycles. The van der Waals surface area contributed by atoms with E-state index < -0.39 is 0 Å². The summed E-state index contributed by atoms with van der Waals surface area (Å²) in [5.74, 6) is 0. The van der Waals surface area contributed by atoms with Crippen molar-refractivity contribution in [2.75, 3.05) is 32.7 Å². The van der Waals surface area contributed by atoms with Crippen LogP contribution in [-0.2, 0) is 0 Å². The molecular weight excluding hydrogens is 258 g/mol. The van der Waals surface area contributed by atoms with E-state index in [9.17, 15) is 0 Å². The van der Waals surface area contributed by atoms with Gasteiger partial charge in [-0.05, 0) is 84.1 Å².